The summed E-state index contributed by atoms with van der Waals surface area (Å²) in [4.78, 5) is 3.89. The SMILES string of the molecule is COc1ccc(F)c(-c2ccncc2)c1. The predicted molar refractivity (Wildman–Crippen MR) is 56.2 cm³/mol. The van der Waals surface area contributed by atoms with Crippen LogP contribution in [0.15, 0.2) is 42.7 Å². The first kappa shape index (κ1) is 9.65. The van der Waals surface area contributed by atoms with E-state index < -0.39 is 0 Å². The molecule has 0 aliphatic rings. The van der Waals surface area contributed by atoms with E-state index in [0.717, 1.165) is 5.56 Å². The van der Waals surface area contributed by atoms with Crippen molar-refractivity contribution >= 4 is 0 Å². The third kappa shape index (κ3) is 1.96. The molecule has 0 unspecified atom stereocenters. The van der Waals surface area contributed by atoms with Crippen LogP contribution in [-0.2, 0) is 0 Å². The van der Waals surface area contributed by atoms with Crippen LogP contribution < -0.4 is 4.74 Å². The van der Waals surface area contributed by atoms with Crippen LogP contribution in [0.25, 0.3) is 11.1 Å². The molecule has 76 valence electrons. The number of rotatable bonds is 2. The van der Waals surface area contributed by atoms with E-state index in [4.69, 9.17) is 4.74 Å². The molecule has 0 bridgehead atoms. The van der Waals surface area contributed by atoms with Gasteiger partial charge in [-0.15, -0.1) is 0 Å². The van der Waals surface area contributed by atoms with Crippen LogP contribution in [0.1, 0.15) is 0 Å². The summed E-state index contributed by atoms with van der Waals surface area (Å²) in [6, 6.07) is 8.19. The lowest BCUT2D eigenvalue weighted by atomic mass is 10.1. The molecule has 0 amide bonds. The molecule has 2 aromatic rings. The molecule has 0 atom stereocenters. The van der Waals surface area contributed by atoms with E-state index in [2.05, 4.69) is 4.98 Å². The minimum absolute atomic E-state index is 0.262. The van der Waals surface area contributed by atoms with E-state index in [9.17, 15) is 4.39 Å². The van der Waals surface area contributed by atoms with Crippen LogP contribution in [0.4, 0.5) is 4.39 Å². The number of ether oxygens (including phenoxy) is 1. The Kier molecular flexibility index (Phi) is 2.63. The minimum atomic E-state index is -0.262. The smallest absolute Gasteiger partial charge is 0.131 e. The third-order valence-electron chi connectivity index (χ3n) is 2.16. The number of methoxy groups -OCH3 is 1. The topological polar surface area (TPSA) is 22.1 Å². The molecule has 0 saturated carbocycles. The molecule has 2 rings (SSSR count). The van der Waals surface area contributed by atoms with Crippen LogP contribution >= 0.6 is 0 Å². The highest BCUT2D eigenvalue weighted by molar-refractivity contribution is 5.65. The van der Waals surface area contributed by atoms with Gasteiger partial charge in [0.2, 0.25) is 0 Å². The molecular weight excluding hydrogens is 193 g/mol. The molecule has 2 nitrogen and oxygen atoms in total. The van der Waals surface area contributed by atoms with Gasteiger partial charge in [0.15, 0.2) is 0 Å². The lowest BCUT2D eigenvalue weighted by Gasteiger charge is -2.05. The first-order chi connectivity index (χ1) is 7.31. The molecule has 0 fully saturated rings. The summed E-state index contributed by atoms with van der Waals surface area (Å²) >= 11 is 0. The molecule has 0 aliphatic carbocycles. The van der Waals surface area contributed by atoms with Gasteiger partial charge in [-0.3, -0.25) is 4.98 Å². The normalized spacial score (nSPS) is 10.0. The predicted octanol–water partition coefficient (Wildman–Crippen LogP) is 2.90. The van der Waals surface area contributed by atoms with E-state index >= 15 is 0 Å². The fourth-order valence-corrected chi connectivity index (χ4v) is 1.38. The van der Waals surface area contributed by atoms with Gasteiger partial charge >= 0.3 is 0 Å². The van der Waals surface area contributed by atoms with E-state index in [1.807, 2.05) is 0 Å². The largest absolute Gasteiger partial charge is 0.497 e. The van der Waals surface area contributed by atoms with Crippen molar-refractivity contribution in [2.75, 3.05) is 7.11 Å². The zero-order chi connectivity index (χ0) is 10.7. The van der Waals surface area contributed by atoms with Gasteiger partial charge in [-0.05, 0) is 35.9 Å². The van der Waals surface area contributed by atoms with E-state index in [1.54, 1.807) is 43.8 Å². The monoisotopic (exact) mass is 203 g/mol. The molecular formula is C12H10FNO. The van der Waals surface area contributed by atoms with E-state index in [0.29, 0.717) is 11.3 Å². The van der Waals surface area contributed by atoms with Crippen LogP contribution in [0.2, 0.25) is 0 Å². The van der Waals surface area contributed by atoms with Crippen molar-refractivity contribution in [3.63, 3.8) is 0 Å². The molecule has 3 heteroatoms. The Balaban J connectivity index is 2.52. The highest BCUT2D eigenvalue weighted by atomic mass is 19.1. The maximum atomic E-state index is 13.5. The second-order valence-corrected chi connectivity index (χ2v) is 3.08. The summed E-state index contributed by atoms with van der Waals surface area (Å²) in [7, 11) is 1.56. The molecule has 1 heterocycles. The van der Waals surface area contributed by atoms with Gasteiger partial charge in [-0.1, -0.05) is 0 Å². The highest BCUT2D eigenvalue weighted by Crippen LogP contribution is 2.26. The summed E-state index contributed by atoms with van der Waals surface area (Å²) in [5.74, 6) is 0.380. The van der Waals surface area contributed by atoms with Crippen molar-refractivity contribution in [3.8, 4) is 16.9 Å². The highest BCUT2D eigenvalue weighted by Gasteiger charge is 2.05. The molecule has 0 spiro atoms. The summed E-state index contributed by atoms with van der Waals surface area (Å²) < 4.78 is 18.6. The minimum Gasteiger partial charge on any atom is -0.497 e. The van der Waals surface area contributed by atoms with Crippen LogP contribution in [0.5, 0.6) is 5.75 Å². The molecule has 15 heavy (non-hydrogen) atoms. The number of nitrogens with zero attached hydrogens (tertiary/aromatic N) is 1. The maximum absolute atomic E-state index is 13.5. The summed E-state index contributed by atoms with van der Waals surface area (Å²) in [6.07, 6.45) is 3.27. The molecule has 1 aromatic carbocycles. The fraction of sp³-hybridized carbons (Fsp3) is 0.0833. The molecule has 0 radical (unpaired) electrons. The van der Waals surface area contributed by atoms with Crippen LogP contribution in [-0.4, -0.2) is 12.1 Å². The van der Waals surface area contributed by atoms with Crippen LogP contribution in [0.3, 0.4) is 0 Å². The van der Waals surface area contributed by atoms with E-state index in [1.165, 1.54) is 6.07 Å². The van der Waals surface area contributed by atoms with Gasteiger partial charge in [0.25, 0.3) is 0 Å². The van der Waals surface area contributed by atoms with Crippen molar-refractivity contribution in [1.29, 1.82) is 0 Å². The molecule has 0 N–H and O–H groups in total. The molecule has 0 aliphatic heterocycles. The van der Waals surface area contributed by atoms with Crippen molar-refractivity contribution < 1.29 is 9.13 Å². The Morgan fingerprint density at radius 3 is 2.53 bits per heavy atom. The second-order valence-electron chi connectivity index (χ2n) is 3.08. The number of halogens is 1. The summed E-state index contributed by atoms with van der Waals surface area (Å²) in [5, 5.41) is 0. The van der Waals surface area contributed by atoms with Crippen molar-refractivity contribution in [1.82, 2.24) is 4.98 Å². The summed E-state index contributed by atoms with van der Waals surface area (Å²) in [6.45, 7) is 0. The van der Waals surface area contributed by atoms with Gasteiger partial charge in [0.1, 0.15) is 11.6 Å². The lowest BCUT2D eigenvalue weighted by molar-refractivity contribution is 0.414. The van der Waals surface area contributed by atoms with Gasteiger partial charge in [0, 0.05) is 18.0 Å². The maximum Gasteiger partial charge on any atom is 0.131 e. The lowest BCUT2D eigenvalue weighted by Crippen LogP contribution is -1.88. The van der Waals surface area contributed by atoms with Crippen LogP contribution in [0, 0.1) is 5.82 Å². The average molecular weight is 203 g/mol. The second kappa shape index (κ2) is 4.09. The fourth-order valence-electron chi connectivity index (χ4n) is 1.38. The van der Waals surface area contributed by atoms with Crippen molar-refractivity contribution in [3.05, 3.63) is 48.5 Å². The molecule has 0 saturated heterocycles. The Labute approximate surface area is 87.4 Å². The number of aromatic nitrogens is 1. The zero-order valence-corrected chi connectivity index (χ0v) is 8.27. The first-order valence-corrected chi connectivity index (χ1v) is 4.55. The first-order valence-electron chi connectivity index (χ1n) is 4.55. The van der Waals surface area contributed by atoms with Crippen molar-refractivity contribution in [2.45, 2.75) is 0 Å². The van der Waals surface area contributed by atoms with Crippen molar-refractivity contribution in [2.24, 2.45) is 0 Å². The summed E-state index contributed by atoms with van der Waals surface area (Å²) in [5.41, 5.74) is 1.32. The standard InChI is InChI=1S/C12H10FNO/c1-15-10-2-3-12(13)11(8-10)9-4-6-14-7-5-9/h2-8H,1H3. The Hall–Kier alpha value is -1.90. The van der Waals surface area contributed by atoms with E-state index in [-0.39, 0.29) is 5.82 Å². The third-order valence-corrected chi connectivity index (χ3v) is 2.16. The number of pyridine rings is 1. The Morgan fingerprint density at radius 1 is 1.13 bits per heavy atom. The number of hydrogen-bond acceptors (Lipinski definition) is 2. The molecule has 1 aromatic heterocycles. The van der Waals surface area contributed by atoms with Gasteiger partial charge < -0.3 is 4.74 Å². The van der Waals surface area contributed by atoms with Gasteiger partial charge in [-0.2, -0.15) is 0 Å². The Bertz CT molecular complexity index is 456. The van der Waals surface area contributed by atoms with Gasteiger partial charge in [-0.25, -0.2) is 4.39 Å². The zero-order valence-electron chi connectivity index (χ0n) is 8.27. The quantitative estimate of drug-likeness (QED) is 0.748. The number of hydrogen-bond donors (Lipinski definition) is 0. The van der Waals surface area contributed by atoms with Gasteiger partial charge in [0.05, 0.1) is 7.11 Å². The average Bonchev–Trinajstić information content (AvgIpc) is 2.31. The Morgan fingerprint density at radius 2 is 1.87 bits per heavy atom. The number of benzene rings is 1.